The van der Waals surface area contributed by atoms with Crippen LogP contribution in [0.25, 0.3) is 16.6 Å². The summed E-state index contributed by atoms with van der Waals surface area (Å²) >= 11 is 1.48. The monoisotopic (exact) mass is 303 g/mol. The van der Waals surface area contributed by atoms with E-state index in [0.29, 0.717) is 18.2 Å². The standard InChI is InChI=1S/C16H17NO3S/c1-11(2)9-20-14-6-3-12(4-7-14)16-17-13(10-21-16)5-8-15(18)19/h3-8,10-11H,9H2,1-2H3,(H,18,19)/b8-5+. The zero-order valence-electron chi connectivity index (χ0n) is 11.9. The topological polar surface area (TPSA) is 59.4 Å². The van der Waals surface area contributed by atoms with Gasteiger partial charge in [0.05, 0.1) is 12.3 Å². The van der Waals surface area contributed by atoms with Gasteiger partial charge in [-0.1, -0.05) is 13.8 Å². The number of carbonyl (C=O) groups is 1. The molecule has 0 saturated heterocycles. The molecule has 1 aromatic heterocycles. The lowest BCUT2D eigenvalue weighted by Gasteiger charge is -2.08. The molecule has 0 spiro atoms. The minimum absolute atomic E-state index is 0.493. The average molecular weight is 303 g/mol. The molecule has 2 aromatic rings. The number of benzene rings is 1. The van der Waals surface area contributed by atoms with Crippen molar-refractivity contribution in [3.05, 3.63) is 41.4 Å². The SMILES string of the molecule is CC(C)COc1ccc(-c2nc(/C=C/C(=O)O)cs2)cc1. The Morgan fingerprint density at radius 3 is 2.71 bits per heavy atom. The van der Waals surface area contributed by atoms with Gasteiger partial charge >= 0.3 is 5.97 Å². The number of rotatable bonds is 6. The third kappa shape index (κ3) is 4.72. The van der Waals surface area contributed by atoms with Crippen molar-refractivity contribution in [2.75, 3.05) is 6.61 Å². The maximum atomic E-state index is 10.5. The number of carboxylic acids is 1. The summed E-state index contributed by atoms with van der Waals surface area (Å²) < 4.78 is 5.63. The Morgan fingerprint density at radius 1 is 1.38 bits per heavy atom. The van der Waals surface area contributed by atoms with E-state index < -0.39 is 5.97 Å². The van der Waals surface area contributed by atoms with Crippen molar-refractivity contribution < 1.29 is 14.6 Å². The van der Waals surface area contributed by atoms with E-state index in [2.05, 4.69) is 18.8 Å². The number of aliphatic carboxylic acids is 1. The van der Waals surface area contributed by atoms with E-state index in [0.717, 1.165) is 22.4 Å². The number of aromatic nitrogens is 1. The van der Waals surface area contributed by atoms with Crippen LogP contribution in [0.2, 0.25) is 0 Å². The lowest BCUT2D eigenvalue weighted by Crippen LogP contribution is -2.04. The zero-order chi connectivity index (χ0) is 15.2. The summed E-state index contributed by atoms with van der Waals surface area (Å²) in [6.45, 7) is 4.91. The van der Waals surface area contributed by atoms with Gasteiger partial charge in [0, 0.05) is 17.0 Å². The Kier molecular flexibility index (Phi) is 5.11. The van der Waals surface area contributed by atoms with Crippen molar-refractivity contribution in [3.63, 3.8) is 0 Å². The van der Waals surface area contributed by atoms with E-state index in [4.69, 9.17) is 9.84 Å². The molecule has 0 amide bonds. The van der Waals surface area contributed by atoms with Crippen LogP contribution in [0, 0.1) is 5.92 Å². The lowest BCUT2D eigenvalue weighted by molar-refractivity contribution is -0.131. The summed E-state index contributed by atoms with van der Waals surface area (Å²) in [5.74, 6) is 0.360. The molecule has 0 saturated carbocycles. The van der Waals surface area contributed by atoms with E-state index in [1.165, 1.54) is 17.4 Å². The van der Waals surface area contributed by atoms with Crippen molar-refractivity contribution in [3.8, 4) is 16.3 Å². The first-order valence-electron chi connectivity index (χ1n) is 6.64. The fourth-order valence-electron chi connectivity index (χ4n) is 1.61. The van der Waals surface area contributed by atoms with Crippen LogP contribution in [0.1, 0.15) is 19.5 Å². The van der Waals surface area contributed by atoms with Crippen LogP contribution in [0.5, 0.6) is 5.75 Å². The molecule has 1 heterocycles. The van der Waals surface area contributed by atoms with E-state index in [1.54, 1.807) is 0 Å². The number of hydrogen-bond donors (Lipinski definition) is 1. The molecule has 0 bridgehead atoms. The molecule has 4 nitrogen and oxygen atoms in total. The average Bonchev–Trinajstić information content (AvgIpc) is 2.92. The maximum Gasteiger partial charge on any atom is 0.328 e. The van der Waals surface area contributed by atoms with Gasteiger partial charge in [-0.3, -0.25) is 0 Å². The Morgan fingerprint density at radius 2 is 2.10 bits per heavy atom. The van der Waals surface area contributed by atoms with E-state index in [-0.39, 0.29) is 0 Å². The normalized spacial score (nSPS) is 11.2. The minimum Gasteiger partial charge on any atom is -0.493 e. The van der Waals surface area contributed by atoms with Gasteiger partial charge in [0.25, 0.3) is 0 Å². The predicted molar refractivity (Wildman–Crippen MR) is 84.6 cm³/mol. The number of nitrogens with zero attached hydrogens (tertiary/aromatic N) is 1. The Labute approximate surface area is 127 Å². The molecule has 2 rings (SSSR count). The smallest absolute Gasteiger partial charge is 0.328 e. The van der Waals surface area contributed by atoms with E-state index in [1.807, 2.05) is 29.6 Å². The molecule has 5 heteroatoms. The van der Waals surface area contributed by atoms with Crippen LogP contribution >= 0.6 is 11.3 Å². The summed E-state index contributed by atoms with van der Waals surface area (Å²) in [4.78, 5) is 14.9. The Bertz CT molecular complexity index is 629. The number of ether oxygens (including phenoxy) is 1. The summed E-state index contributed by atoms with van der Waals surface area (Å²) in [5, 5.41) is 11.3. The van der Waals surface area contributed by atoms with Gasteiger partial charge in [-0.15, -0.1) is 11.3 Å². The second-order valence-corrected chi connectivity index (χ2v) is 5.84. The maximum absolute atomic E-state index is 10.5. The van der Waals surface area contributed by atoms with Gasteiger partial charge in [-0.05, 0) is 36.3 Å². The number of carboxylic acid groups (broad SMARTS) is 1. The third-order valence-electron chi connectivity index (χ3n) is 2.60. The van der Waals surface area contributed by atoms with Crippen molar-refractivity contribution in [1.82, 2.24) is 4.98 Å². The predicted octanol–water partition coefficient (Wildman–Crippen LogP) is 3.94. The summed E-state index contributed by atoms with van der Waals surface area (Å²) in [5.41, 5.74) is 1.64. The van der Waals surface area contributed by atoms with Gasteiger partial charge in [0.2, 0.25) is 0 Å². The molecule has 0 radical (unpaired) electrons. The highest BCUT2D eigenvalue weighted by atomic mass is 32.1. The van der Waals surface area contributed by atoms with Crippen LogP contribution in [0.3, 0.4) is 0 Å². The quantitative estimate of drug-likeness (QED) is 0.821. The van der Waals surface area contributed by atoms with Crippen molar-refractivity contribution in [1.29, 1.82) is 0 Å². The van der Waals surface area contributed by atoms with Gasteiger partial charge in [-0.2, -0.15) is 0 Å². The molecule has 21 heavy (non-hydrogen) atoms. The molecule has 1 aromatic carbocycles. The highest BCUT2D eigenvalue weighted by Gasteiger charge is 2.04. The van der Waals surface area contributed by atoms with Crippen LogP contribution in [0.4, 0.5) is 0 Å². The van der Waals surface area contributed by atoms with Crippen LogP contribution < -0.4 is 4.74 Å². The van der Waals surface area contributed by atoms with Gasteiger partial charge in [0.1, 0.15) is 10.8 Å². The third-order valence-corrected chi connectivity index (χ3v) is 3.51. The first-order chi connectivity index (χ1) is 10.0. The molecule has 0 atom stereocenters. The number of thiazole rings is 1. The zero-order valence-corrected chi connectivity index (χ0v) is 12.8. The molecule has 0 aliphatic carbocycles. The Hall–Kier alpha value is -2.14. The lowest BCUT2D eigenvalue weighted by atomic mass is 10.2. The van der Waals surface area contributed by atoms with Crippen LogP contribution in [-0.4, -0.2) is 22.7 Å². The number of hydrogen-bond acceptors (Lipinski definition) is 4. The molecular formula is C16H17NO3S. The summed E-state index contributed by atoms with van der Waals surface area (Å²) in [6.07, 6.45) is 2.57. The first-order valence-corrected chi connectivity index (χ1v) is 7.52. The minimum atomic E-state index is -0.976. The molecular weight excluding hydrogens is 286 g/mol. The van der Waals surface area contributed by atoms with Crippen LogP contribution in [-0.2, 0) is 4.79 Å². The fraction of sp³-hybridized carbons (Fsp3) is 0.250. The Balaban J connectivity index is 2.06. The van der Waals surface area contributed by atoms with Gasteiger partial charge in [0.15, 0.2) is 0 Å². The first kappa shape index (κ1) is 15.3. The van der Waals surface area contributed by atoms with Crippen molar-refractivity contribution in [2.24, 2.45) is 5.92 Å². The van der Waals surface area contributed by atoms with E-state index >= 15 is 0 Å². The second kappa shape index (κ2) is 7.04. The molecule has 0 aliphatic heterocycles. The molecule has 1 N–H and O–H groups in total. The molecule has 110 valence electrons. The van der Waals surface area contributed by atoms with Crippen molar-refractivity contribution in [2.45, 2.75) is 13.8 Å². The van der Waals surface area contributed by atoms with Crippen molar-refractivity contribution >= 4 is 23.4 Å². The molecule has 0 fully saturated rings. The summed E-state index contributed by atoms with van der Waals surface area (Å²) in [7, 11) is 0. The van der Waals surface area contributed by atoms with Gasteiger partial charge < -0.3 is 9.84 Å². The molecule has 0 unspecified atom stereocenters. The second-order valence-electron chi connectivity index (χ2n) is 4.98. The fourth-order valence-corrected chi connectivity index (χ4v) is 2.40. The highest BCUT2D eigenvalue weighted by molar-refractivity contribution is 7.13. The van der Waals surface area contributed by atoms with E-state index in [9.17, 15) is 4.79 Å². The largest absolute Gasteiger partial charge is 0.493 e. The van der Waals surface area contributed by atoms with Crippen LogP contribution in [0.15, 0.2) is 35.7 Å². The molecule has 0 aliphatic rings. The van der Waals surface area contributed by atoms with Gasteiger partial charge in [-0.25, -0.2) is 9.78 Å². The summed E-state index contributed by atoms with van der Waals surface area (Å²) in [6, 6.07) is 7.76. The highest BCUT2D eigenvalue weighted by Crippen LogP contribution is 2.26.